The van der Waals surface area contributed by atoms with Crippen LogP contribution in [0.3, 0.4) is 0 Å². The molecule has 1 aromatic carbocycles. The molecular weight excluding hydrogens is 412 g/mol. The lowest BCUT2D eigenvalue weighted by Gasteiger charge is -2.24. The van der Waals surface area contributed by atoms with E-state index >= 15 is 0 Å². The predicted molar refractivity (Wildman–Crippen MR) is 120 cm³/mol. The smallest absolute Gasteiger partial charge is 0.274 e. The molecule has 0 unspecified atom stereocenters. The minimum absolute atomic E-state index is 0.191. The van der Waals surface area contributed by atoms with Crippen LogP contribution in [0.15, 0.2) is 42.5 Å². The van der Waals surface area contributed by atoms with Gasteiger partial charge in [-0.3, -0.25) is 4.79 Å². The summed E-state index contributed by atoms with van der Waals surface area (Å²) in [5, 5.41) is 14.2. The molecule has 158 valence electrons. The Labute approximate surface area is 186 Å². The summed E-state index contributed by atoms with van der Waals surface area (Å²) in [6, 6.07) is 15.2. The Morgan fingerprint density at radius 3 is 2.65 bits per heavy atom. The molecular formula is C23H23ClN6O. The van der Waals surface area contributed by atoms with Gasteiger partial charge in [-0.2, -0.15) is 10.4 Å². The summed E-state index contributed by atoms with van der Waals surface area (Å²) < 4.78 is 1.71. The number of carbonyl (C=O) groups is 1. The minimum Gasteiger partial charge on any atom is -0.369 e. The molecule has 1 aliphatic heterocycles. The number of nitriles is 1. The average molecular weight is 435 g/mol. The van der Waals surface area contributed by atoms with Crippen LogP contribution in [0.5, 0.6) is 0 Å². The fraction of sp³-hybridized carbons (Fsp3) is 0.304. The van der Waals surface area contributed by atoms with Crippen molar-refractivity contribution in [2.24, 2.45) is 0 Å². The van der Waals surface area contributed by atoms with Crippen molar-refractivity contribution in [2.75, 3.05) is 31.1 Å². The number of pyridine rings is 1. The lowest BCUT2D eigenvalue weighted by atomic mass is 10.1. The highest BCUT2D eigenvalue weighted by Gasteiger charge is 2.24. The molecule has 0 saturated carbocycles. The molecule has 0 N–H and O–H groups in total. The van der Waals surface area contributed by atoms with Crippen LogP contribution in [0.25, 0.3) is 5.82 Å². The maximum absolute atomic E-state index is 13.3. The van der Waals surface area contributed by atoms with Gasteiger partial charge in [-0.05, 0) is 50.6 Å². The van der Waals surface area contributed by atoms with Gasteiger partial charge in [-0.15, -0.1) is 0 Å². The third-order valence-electron chi connectivity index (χ3n) is 5.41. The molecule has 4 rings (SSSR count). The van der Waals surface area contributed by atoms with Crippen LogP contribution in [0.1, 0.15) is 33.9 Å². The highest BCUT2D eigenvalue weighted by atomic mass is 35.5. The van der Waals surface area contributed by atoms with Gasteiger partial charge in [0, 0.05) is 31.9 Å². The number of aromatic nitrogens is 3. The lowest BCUT2D eigenvalue weighted by Crippen LogP contribution is -2.36. The zero-order chi connectivity index (χ0) is 22.0. The molecule has 0 spiro atoms. The van der Waals surface area contributed by atoms with Crippen molar-refractivity contribution in [3.63, 3.8) is 0 Å². The van der Waals surface area contributed by atoms with Crippen LogP contribution in [0.4, 0.5) is 5.69 Å². The molecule has 1 fully saturated rings. The van der Waals surface area contributed by atoms with Crippen LogP contribution in [-0.4, -0.2) is 51.8 Å². The molecule has 0 radical (unpaired) electrons. The first-order chi connectivity index (χ1) is 15.0. The topological polar surface area (TPSA) is 78.0 Å². The zero-order valence-corrected chi connectivity index (χ0v) is 18.3. The Morgan fingerprint density at radius 2 is 1.90 bits per heavy atom. The molecule has 31 heavy (non-hydrogen) atoms. The third kappa shape index (κ3) is 4.25. The van der Waals surface area contributed by atoms with E-state index in [0.29, 0.717) is 36.0 Å². The lowest BCUT2D eigenvalue weighted by molar-refractivity contribution is 0.0761. The van der Waals surface area contributed by atoms with Crippen molar-refractivity contribution in [1.82, 2.24) is 19.7 Å². The highest BCUT2D eigenvalue weighted by Crippen LogP contribution is 2.23. The van der Waals surface area contributed by atoms with Gasteiger partial charge in [0.25, 0.3) is 5.91 Å². The number of anilines is 1. The molecule has 1 saturated heterocycles. The number of hydrogen-bond donors (Lipinski definition) is 0. The van der Waals surface area contributed by atoms with Gasteiger partial charge in [0.15, 0.2) is 5.82 Å². The standard InChI is InChI=1S/C23H23ClN6O/c1-16-14-17(2)30(27-16)21-9-8-19(24)22(26-21)23(31)29-11-5-10-28(12-13-29)20-7-4-3-6-18(20)15-25/h3-4,6-9,14H,5,10-13H2,1-2H3. The van der Waals surface area contributed by atoms with Crippen LogP contribution in [-0.2, 0) is 0 Å². The maximum Gasteiger partial charge on any atom is 0.274 e. The number of aryl methyl sites for hydroxylation is 2. The van der Waals surface area contributed by atoms with E-state index in [1.807, 2.05) is 44.2 Å². The van der Waals surface area contributed by atoms with Crippen LogP contribution in [0.2, 0.25) is 5.02 Å². The summed E-state index contributed by atoms with van der Waals surface area (Å²) in [6.07, 6.45) is 0.792. The second-order valence-corrected chi connectivity index (χ2v) is 8.01. The van der Waals surface area contributed by atoms with Crippen LogP contribution < -0.4 is 4.90 Å². The van der Waals surface area contributed by atoms with E-state index in [2.05, 4.69) is 21.1 Å². The SMILES string of the molecule is Cc1cc(C)n(-c2ccc(Cl)c(C(=O)N3CCCN(c4ccccc4C#N)CC3)n2)n1. The van der Waals surface area contributed by atoms with Crippen molar-refractivity contribution in [1.29, 1.82) is 5.26 Å². The third-order valence-corrected chi connectivity index (χ3v) is 5.71. The molecule has 2 aromatic heterocycles. The molecule has 8 heteroatoms. The molecule has 7 nitrogen and oxygen atoms in total. The monoisotopic (exact) mass is 434 g/mol. The van der Waals surface area contributed by atoms with E-state index in [0.717, 1.165) is 30.0 Å². The zero-order valence-electron chi connectivity index (χ0n) is 17.5. The van der Waals surface area contributed by atoms with E-state index in [1.54, 1.807) is 21.7 Å². The van der Waals surface area contributed by atoms with Crippen molar-refractivity contribution in [3.8, 4) is 11.9 Å². The van der Waals surface area contributed by atoms with Gasteiger partial charge < -0.3 is 9.80 Å². The number of benzene rings is 1. The molecule has 1 aliphatic rings. The summed E-state index contributed by atoms with van der Waals surface area (Å²) >= 11 is 6.36. The maximum atomic E-state index is 13.3. The van der Waals surface area contributed by atoms with Gasteiger partial charge in [-0.25, -0.2) is 9.67 Å². The number of rotatable bonds is 3. The quantitative estimate of drug-likeness (QED) is 0.627. The molecule has 3 heterocycles. The second-order valence-electron chi connectivity index (χ2n) is 7.60. The normalized spacial score (nSPS) is 14.3. The van der Waals surface area contributed by atoms with Crippen LogP contribution >= 0.6 is 11.6 Å². The Hall–Kier alpha value is -3.37. The highest BCUT2D eigenvalue weighted by molar-refractivity contribution is 6.33. The first kappa shape index (κ1) is 20.9. The van der Waals surface area contributed by atoms with Crippen molar-refractivity contribution in [2.45, 2.75) is 20.3 Å². The summed E-state index contributed by atoms with van der Waals surface area (Å²) in [4.78, 5) is 21.8. The van der Waals surface area contributed by atoms with E-state index in [9.17, 15) is 10.1 Å². The largest absolute Gasteiger partial charge is 0.369 e. The minimum atomic E-state index is -0.191. The predicted octanol–water partition coefficient (Wildman–Crippen LogP) is 3.76. The molecule has 0 atom stereocenters. The van der Waals surface area contributed by atoms with E-state index < -0.39 is 0 Å². The average Bonchev–Trinajstić information content (AvgIpc) is 2.97. The number of amides is 1. The molecule has 1 amide bonds. The van der Waals surface area contributed by atoms with Crippen molar-refractivity contribution in [3.05, 3.63) is 70.1 Å². The Kier molecular flexibility index (Phi) is 5.92. The van der Waals surface area contributed by atoms with Gasteiger partial charge in [-0.1, -0.05) is 23.7 Å². The number of para-hydroxylation sites is 1. The molecule has 0 bridgehead atoms. The number of carbonyl (C=O) groups excluding carboxylic acids is 1. The van der Waals surface area contributed by atoms with Gasteiger partial charge in [0.2, 0.25) is 0 Å². The summed E-state index contributed by atoms with van der Waals surface area (Å²) in [6.45, 7) is 6.40. The molecule has 3 aromatic rings. The summed E-state index contributed by atoms with van der Waals surface area (Å²) in [5.74, 6) is 0.376. The Balaban J connectivity index is 1.56. The Morgan fingerprint density at radius 1 is 1.10 bits per heavy atom. The number of hydrogen-bond acceptors (Lipinski definition) is 5. The fourth-order valence-electron chi connectivity index (χ4n) is 3.92. The van der Waals surface area contributed by atoms with Crippen LogP contribution in [0, 0.1) is 25.2 Å². The van der Waals surface area contributed by atoms with Crippen molar-refractivity contribution < 1.29 is 4.79 Å². The number of nitrogens with zero attached hydrogens (tertiary/aromatic N) is 6. The van der Waals surface area contributed by atoms with E-state index in [4.69, 9.17) is 11.6 Å². The number of halogens is 1. The fourth-order valence-corrected chi connectivity index (χ4v) is 4.10. The van der Waals surface area contributed by atoms with Gasteiger partial charge >= 0.3 is 0 Å². The first-order valence-corrected chi connectivity index (χ1v) is 10.6. The Bertz CT molecular complexity index is 1170. The van der Waals surface area contributed by atoms with Crippen molar-refractivity contribution >= 4 is 23.2 Å². The van der Waals surface area contributed by atoms with Gasteiger partial charge in [0.1, 0.15) is 11.8 Å². The molecule has 0 aliphatic carbocycles. The van der Waals surface area contributed by atoms with Gasteiger partial charge in [0.05, 0.1) is 22.0 Å². The van der Waals surface area contributed by atoms with E-state index in [1.165, 1.54) is 0 Å². The summed E-state index contributed by atoms with van der Waals surface area (Å²) in [5.41, 5.74) is 3.60. The summed E-state index contributed by atoms with van der Waals surface area (Å²) in [7, 11) is 0. The first-order valence-electron chi connectivity index (χ1n) is 10.2. The van der Waals surface area contributed by atoms with E-state index in [-0.39, 0.29) is 11.6 Å². The second kappa shape index (κ2) is 8.78.